The topological polar surface area (TPSA) is 22.3 Å². The number of alkyl halides is 1. The summed E-state index contributed by atoms with van der Waals surface area (Å²) in [5.74, 6) is 2.06. The van der Waals surface area contributed by atoms with E-state index in [0.29, 0.717) is 0 Å². The number of hydrogen-bond donors (Lipinski definition) is 0. The van der Waals surface area contributed by atoms with Crippen molar-refractivity contribution in [2.75, 3.05) is 0 Å². The minimum atomic E-state index is 0.259. The van der Waals surface area contributed by atoms with Gasteiger partial charge in [0.25, 0.3) is 0 Å². The summed E-state index contributed by atoms with van der Waals surface area (Å²) < 4.78 is 0. The molecule has 0 radical (unpaired) electrons. The van der Waals surface area contributed by atoms with Crippen LogP contribution in [0.1, 0.15) is 12.8 Å². The van der Waals surface area contributed by atoms with Crippen LogP contribution in [-0.2, 0) is 0 Å². The summed E-state index contributed by atoms with van der Waals surface area (Å²) in [5.41, 5.74) is 0.944. The van der Waals surface area contributed by atoms with Crippen LogP contribution in [0.4, 0.5) is 0 Å². The Hall–Kier alpha value is -0.260. The first-order valence-electron chi connectivity index (χ1n) is 2.22. The van der Waals surface area contributed by atoms with E-state index >= 15 is 0 Å². The van der Waals surface area contributed by atoms with E-state index in [0.717, 1.165) is 18.4 Å². The van der Waals surface area contributed by atoms with E-state index in [-0.39, 0.29) is 5.38 Å². The summed E-state index contributed by atoms with van der Waals surface area (Å²) in [7, 11) is 0. The second-order valence-electron chi connectivity index (χ2n) is 1.72. The van der Waals surface area contributed by atoms with E-state index in [9.17, 15) is 0 Å². The molecule has 0 spiro atoms. The van der Waals surface area contributed by atoms with Crippen molar-refractivity contribution in [3.05, 3.63) is 11.0 Å². The van der Waals surface area contributed by atoms with Crippen LogP contribution in [0, 0.1) is 0 Å². The van der Waals surface area contributed by atoms with Crippen molar-refractivity contribution in [3.8, 4) is 0 Å². The van der Waals surface area contributed by atoms with Gasteiger partial charge in [0.05, 0.1) is 0 Å². The summed E-state index contributed by atoms with van der Waals surface area (Å²) in [6.07, 6.45) is 1.64. The van der Waals surface area contributed by atoms with Crippen LogP contribution in [0.15, 0.2) is 5.57 Å². The second kappa shape index (κ2) is 1.69. The molecule has 1 saturated carbocycles. The van der Waals surface area contributed by atoms with Gasteiger partial charge in [-0.1, -0.05) is 0 Å². The van der Waals surface area contributed by atoms with Gasteiger partial charge in [0, 0.05) is 5.38 Å². The molecular formula is C5H5ClN-. The number of halogens is 1. The maximum absolute atomic E-state index is 8.16. The summed E-state index contributed by atoms with van der Waals surface area (Å²) in [5, 5.41) is 8.42. The quantitative estimate of drug-likeness (QED) is 0.337. The highest BCUT2D eigenvalue weighted by molar-refractivity contribution is 6.21. The largest absolute Gasteiger partial charge is 0.763 e. The third-order valence-corrected chi connectivity index (χ3v) is 1.40. The zero-order valence-electron chi connectivity index (χ0n) is 3.82. The number of nitrogens with zero attached hydrogens (tertiary/aromatic N) is 1. The molecular weight excluding hydrogens is 110 g/mol. The average molecular weight is 115 g/mol. The molecule has 38 valence electrons. The van der Waals surface area contributed by atoms with E-state index < -0.39 is 0 Å². The Bertz CT molecular complexity index is 116. The molecule has 0 unspecified atom stereocenters. The first-order valence-corrected chi connectivity index (χ1v) is 2.65. The van der Waals surface area contributed by atoms with E-state index in [4.69, 9.17) is 17.0 Å². The molecule has 0 atom stereocenters. The fourth-order valence-electron chi connectivity index (χ4n) is 0.566. The first-order chi connectivity index (χ1) is 3.33. The van der Waals surface area contributed by atoms with Crippen molar-refractivity contribution in [2.24, 2.45) is 0 Å². The maximum atomic E-state index is 8.16. The van der Waals surface area contributed by atoms with Gasteiger partial charge in [0.15, 0.2) is 0 Å². The van der Waals surface area contributed by atoms with Crippen LogP contribution in [0.3, 0.4) is 0 Å². The Labute approximate surface area is 47.5 Å². The smallest absolute Gasteiger partial charge is 0.0421 e. The lowest BCUT2D eigenvalue weighted by Crippen LogP contribution is -2.13. The molecule has 0 saturated heterocycles. The number of rotatable bonds is 0. The molecule has 0 amide bonds. The third kappa shape index (κ3) is 0.846. The second-order valence-corrected chi connectivity index (χ2v) is 2.34. The normalized spacial score (nSPS) is 28.7. The van der Waals surface area contributed by atoms with Crippen LogP contribution in [0.2, 0.25) is 0 Å². The minimum absolute atomic E-state index is 0.259. The van der Waals surface area contributed by atoms with E-state index in [1.807, 2.05) is 0 Å². The van der Waals surface area contributed by atoms with Crippen LogP contribution in [-0.4, -0.2) is 11.2 Å². The third-order valence-electron chi connectivity index (χ3n) is 1.09. The van der Waals surface area contributed by atoms with E-state index in [1.165, 1.54) is 0 Å². The van der Waals surface area contributed by atoms with Crippen molar-refractivity contribution in [1.29, 1.82) is 0 Å². The highest BCUT2D eigenvalue weighted by Crippen LogP contribution is 2.28. The number of allylic oxidation sites excluding steroid dienone is 1. The van der Waals surface area contributed by atoms with Gasteiger partial charge in [-0.25, -0.2) is 0 Å². The predicted molar refractivity (Wildman–Crippen MR) is 30.8 cm³/mol. The van der Waals surface area contributed by atoms with E-state index in [2.05, 4.69) is 5.87 Å². The van der Waals surface area contributed by atoms with Crippen molar-refractivity contribution in [1.82, 2.24) is 0 Å². The van der Waals surface area contributed by atoms with Crippen LogP contribution in [0.25, 0.3) is 5.41 Å². The fraction of sp³-hybridized carbons (Fsp3) is 0.600. The van der Waals surface area contributed by atoms with Crippen molar-refractivity contribution < 1.29 is 0 Å². The molecule has 2 heteroatoms. The van der Waals surface area contributed by atoms with E-state index in [1.54, 1.807) is 0 Å². The van der Waals surface area contributed by atoms with Gasteiger partial charge < -0.3 is 5.41 Å². The Morgan fingerprint density at radius 2 is 2.29 bits per heavy atom. The van der Waals surface area contributed by atoms with Crippen LogP contribution >= 0.6 is 11.6 Å². The molecule has 1 aliphatic carbocycles. The lowest BCUT2D eigenvalue weighted by atomic mass is 9.93. The SMILES string of the molecule is [N-]=C=C1CC(Cl)C1. The van der Waals surface area contributed by atoms with Gasteiger partial charge in [-0.15, -0.1) is 11.6 Å². The average Bonchev–Trinajstić information content (AvgIpc) is 1.58. The molecule has 0 aromatic heterocycles. The van der Waals surface area contributed by atoms with Gasteiger partial charge in [-0.3, -0.25) is 5.87 Å². The maximum Gasteiger partial charge on any atom is 0.0421 e. The van der Waals surface area contributed by atoms with Crippen molar-refractivity contribution >= 4 is 17.5 Å². The van der Waals surface area contributed by atoms with Crippen LogP contribution in [0.5, 0.6) is 0 Å². The van der Waals surface area contributed by atoms with Gasteiger partial charge in [0.2, 0.25) is 0 Å². The summed E-state index contributed by atoms with van der Waals surface area (Å²) in [4.78, 5) is 0. The molecule has 0 heterocycles. The summed E-state index contributed by atoms with van der Waals surface area (Å²) in [6.45, 7) is 0. The monoisotopic (exact) mass is 114 g/mol. The molecule has 0 aliphatic heterocycles. The lowest BCUT2D eigenvalue weighted by molar-refractivity contribution is 0.686. The zero-order chi connectivity index (χ0) is 5.28. The molecule has 7 heavy (non-hydrogen) atoms. The molecule has 0 aromatic carbocycles. The van der Waals surface area contributed by atoms with Crippen molar-refractivity contribution in [2.45, 2.75) is 18.2 Å². The summed E-state index contributed by atoms with van der Waals surface area (Å²) >= 11 is 5.55. The Kier molecular flexibility index (Phi) is 1.18. The van der Waals surface area contributed by atoms with Crippen molar-refractivity contribution in [3.63, 3.8) is 0 Å². The fourth-order valence-corrected chi connectivity index (χ4v) is 0.939. The Morgan fingerprint density at radius 3 is 2.43 bits per heavy atom. The highest BCUT2D eigenvalue weighted by Gasteiger charge is 2.17. The van der Waals surface area contributed by atoms with Gasteiger partial charge in [0.1, 0.15) is 0 Å². The Balaban J connectivity index is 2.45. The molecule has 1 aliphatic rings. The predicted octanol–water partition coefficient (Wildman–Crippen LogP) is 1.55. The lowest BCUT2D eigenvalue weighted by Gasteiger charge is -2.21. The zero-order valence-corrected chi connectivity index (χ0v) is 4.57. The highest BCUT2D eigenvalue weighted by atomic mass is 35.5. The minimum Gasteiger partial charge on any atom is -0.763 e. The standard InChI is InChI=1S/C5H5ClN/c6-5-1-4(2-5)3-7/h5H,1-2H2/q-1. The molecule has 0 bridgehead atoms. The first kappa shape index (κ1) is 4.89. The molecule has 1 fully saturated rings. The molecule has 0 N–H and O–H groups in total. The number of hydrogen-bond acceptors (Lipinski definition) is 0. The van der Waals surface area contributed by atoms with Crippen LogP contribution < -0.4 is 0 Å². The Morgan fingerprint density at radius 1 is 1.71 bits per heavy atom. The van der Waals surface area contributed by atoms with Gasteiger partial charge >= 0.3 is 0 Å². The summed E-state index contributed by atoms with van der Waals surface area (Å²) in [6, 6.07) is 0. The van der Waals surface area contributed by atoms with Gasteiger partial charge in [-0.05, 0) is 18.4 Å². The molecule has 0 aromatic rings. The molecule has 1 nitrogen and oxygen atoms in total. The molecule has 1 rings (SSSR count). The van der Waals surface area contributed by atoms with Gasteiger partial charge in [-0.2, -0.15) is 0 Å².